The molecular formula is C23H29NO2S2. The minimum Gasteiger partial charge on any atom is -0.292 e. The summed E-state index contributed by atoms with van der Waals surface area (Å²) in [6.07, 6.45) is 4.02. The number of nitrogens with zero attached hydrogens (tertiary/aromatic N) is 1. The van der Waals surface area contributed by atoms with Crippen LogP contribution in [-0.4, -0.2) is 47.1 Å². The van der Waals surface area contributed by atoms with Gasteiger partial charge in [0.1, 0.15) is 0 Å². The molecule has 5 heteroatoms. The van der Waals surface area contributed by atoms with Crippen LogP contribution in [0.1, 0.15) is 48.4 Å². The van der Waals surface area contributed by atoms with Gasteiger partial charge in [-0.25, -0.2) is 0 Å². The molecule has 28 heavy (non-hydrogen) atoms. The molecule has 0 radical (unpaired) electrons. The van der Waals surface area contributed by atoms with E-state index in [1.807, 2.05) is 101 Å². The van der Waals surface area contributed by atoms with Gasteiger partial charge in [0.15, 0.2) is 11.6 Å². The van der Waals surface area contributed by atoms with Gasteiger partial charge in [-0.05, 0) is 71.5 Å². The standard InChI is InChI=1S/C23H29NO2S2/c1-22(2,20(25)16-8-12-18(27-6)13-9-16)24(5)23(3,4)21(26)17-10-14-19(28-7)15-11-17/h8-15H,1-7H3. The second-order valence-corrected chi connectivity index (χ2v) is 9.55. The smallest absolute Gasteiger partial charge is 0.182 e. The van der Waals surface area contributed by atoms with Crippen LogP contribution in [0.2, 0.25) is 0 Å². The Kier molecular flexibility index (Phi) is 7.18. The first-order valence-electron chi connectivity index (χ1n) is 9.17. The zero-order chi connectivity index (χ0) is 21.1. The fourth-order valence-electron chi connectivity index (χ4n) is 3.19. The highest BCUT2D eigenvalue weighted by Gasteiger charge is 2.44. The lowest BCUT2D eigenvalue weighted by molar-refractivity contribution is 0.0332. The highest BCUT2D eigenvalue weighted by atomic mass is 32.2. The third kappa shape index (κ3) is 4.53. The van der Waals surface area contributed by atoms with Gasteiger partial charge < -0.3 is 0 Å². The second-order valence-electron chi connectivity index (χ2n) is 7.79. The van der Waals surface area contributed by atoms with E-state index in [1.54, 1.807) is 23.5 Å². The molecule has 0 bridgehead atoms. The van der Waals surface area contributed by atoms with Crippen molar-refractivity contribution >= 4 is 35.1 Å². The van der Waals surface area contributed by atoms with Crippen LogP contribution in [0, 0.1) is 0 Å². The molecule has 0 aromatic heterocycles. The van der Waals surface area contributed by atoms with Gasteiger partial charge in [-0.2, -0.15) is 0 Å². The number of carbonyl (C=O) groups excluding carboxylic acids is 2. The van der Waals surface area contributed by atoms with E-state index in [1.165, 1.54) is 0 Å². The molecule has 0 amide bonds. The normalized spacial score (nSPS) is 12.3. The number of ketones is 2. The summed E-state index contributed by atoms with van der Waals surface area (Å²) in [5, 5.41) is 0. The van der Waals surface area contributed by atoms with Crippen molar-refractivity contribution in [3.8, 4) is 0 Å². The lowest BCUT2D eigenvalue weighted by Gasteiger charge is -2.44. The average molecular weight is 416 g/mol. The molecule has 0 spiro atoms. The summed E-state index contributed by atoms with van der Waals surface area (Å²) in [6, 6.07) is 15.3. The van der Waals surface area contributed by atoms with Crippen LogP contribution >= 0.6 is 23.5 Å². The summed E-state index contributed by atoms with van der Waals surface area (Å²) in [5.74, 6) is 0.00233. The van der Waals surface area contributed by atoms with Crippen molar-refractivity contribution in [3.63, 3.8) is 0 Å². The SMILES string of the molecule is CSc1ccc(C(=O)C(C)(C)N(C)C(C)(C)C(=O)c2ccc(SC)cc2)cc1. The molecule has 2 rings (SSSR count). The highest BCUT2D eigenvalue weighted by Crippen LogP contribution is 2.30. The van der Waals surface area contributed by atoms with Gasteiger partial charge in [0.25, 0.3) is 0 Å². The Morgan fingerprint density at radius 3 is 1.21 bits per heavy atom. The van der Waals surface area contributed by atoms with E-state index >= 15 is 0 Å². The molecular weight excluding hydrogens is 386 g/mol. The van der Waals surface area contributed by atoms with Gasteiger partial charge in [0, 0.05) is 20.9 Å². The van der Waals surface area contributed by atoms with Gasteiger partial charge in [-0.1, -0.05) is 24.3 Å². The molecule has 0 heterocycles. The lowest BCUT2D eigenvalue weighted by Crippen LogP contribution is -2.60. The minimum absolute atomic E-state index is 0.00117. The number of carbonyl (C=O) groups is 2. The molecule has 2 aromatic rings. The molecule has 0 aliphatic carbocycles. The number of hydrogen-bond donors (Lipinski definition) is 0. The first kappa shape index (κ1) is 22.7. The Hall–Kier alpha value is -1.56. The Labute approximate surface area is 177 Å². The molecule has 0 saturated carbocycles. The summed E-state index contributed by atoms with van der Waals surface area (Å²) < 4.78 is 0. The Bertz CT molecular complexity index is 768. The average Bonchev–Trinajstić information content (AvgIpc) is 2.72. The van der Waals surface area contributed by atoms with Crippen molar-refractivity contribution in [2.24, 2.45) is 0 Å². The summed E-state index contributed by atoms with van der Waals surface area (Å²) in [6.45, 7) is 7.51. The van der Waals surface area contributed by atoms with E-state index in [9.17, 15) is 9.59 Å². The predicted molar refractivity (Wildman–Crippen MR) is 121 cm³/mol. The van der Waals surface area contributed by atoms with Gasteiger partial charge in [0.05, 0.1) is 11.1 Å². The topological polar surface area (TPSA) is 37.4 Å². The first-order valence-corrected chi connectivity index (χ1v) is 11.6. The van der Waals surface area contributed by atoms with Crippen LogP contribution in [0.25, 0.3) is 0 Å². The summed E-state index contributed by atoms with van der Waals surface area (Å²) in [4.78, 5) is 30.6. The van der Waals surface area contributed by atoms with E-state index in [0.29, 0.717) is 11.1 Å². The number of Topliss-reactive ketones (excluding diaryl/α,β-unsaturated/α-hetero) is 2. The third-order valence-electron chi connectivity index (χ3n) is 5.49. The number of benzene rings is 2. The molecule has 0 fully saturated rings. The Balaban J connectivity index is 2.29. The molecule has 0 saturated heterocycles. The highest BCUT2D eigenvalue weighted by molar-refractivity contribution is 7.98. The first-order chi connectivity index (χ1) is 13.1. The van der Waals surface area contributed by atoms with E-state index in [-0.39, 0.29) is 11.6 Å². The van der Waals surface area contributed by atoms with Crippen molar-refractivity contribution in [1.82, 2.24) is 4.90 Å². The van der Waals surface area contributed by atoms with Crippen molar-refractivity contribution in [2.75, 3.05) is 19.6 Å². The van der Waals surface area contributed by atoms with Crippen molar-refractivity contribution in [1.29, 1.82) is 0 Å². The van der Waals surface area contributed by atoms with Crippen LogP contribution < -0.4 is 0 Å². The fourth-order valence-corrected chi connectivity index (χ4v) is 4.01. The zero-order valence-electron chi connectivity index (χ0n) is 17.7. The Morgan fingerprint density at radius 2 is 0.964 bits per heavy atom. The molecule has 0 atom stereocenters. The molecule has 150 valence electrons. The lowest BCUT2D eigenvalue weighted by atomic mass is 9.84. The quantitative estimate of drug-likeness (QED) is 0.409. The molecule has 0 aliphatic rings. The molecule has 0 N–H and O–H groups in total. The van der Waals surface area contributed by atoms with Crippen LogP contribution in [0.5, 0.6) is 0 Å². The Morgan fingerprint density at radius 1 is 0.679 bits per heavy atom. The van der Waals surface area contributed by atoms with Gasteiger partial charge in [0.2, 0.25) is 0 Å². The van der Waals surface area contributed by atoms with Crippen molar-refractivity contribution in [2.45, 2.75) is 48.6 Å². The maximum atomic E-state index is 13.2. The molecule has 3 nitrogen and oxygen atoms in total. The van der Waals surface area contributed by atoms with Gasteiger partial charge in [-0.3, -0.25) is 14.5 Å². The fraction of sp³-hybridized carbons (Fsp3) is 0.391. The van der Waals surface area contributed by atoms with Crippen LogP contribution in [0.4, 0.5) is 0 Å². The number of rotatable bonds is 8. The van der Waals surface area contributed by atoms with Crippen molar-refractivity contribution < 1.29 is 9.59 Å². The maximum absolute atomic E-state index is 13.2. The summed E-state index contributed by atoms with van der Waals surface area (Å²) >= 11 is 3.29. The minimum atomic E-state index is -0.834. The van der Waals surface area contributed by atoms with E-state index in [0.717, 1.165) is 9.79 Å². The number of likely N-dealkylation sites (N-methyl/N-ethyl adjacent to an activating group) is 1. The largest absolute Gasteiger partial charge is 0.292 e. The number of thioether (sulfide) groups is 2. The van der Waals surface area contributed by atoms with Gasteiger partial charge in [-0.15, -0.1) is 23.5 Å². The van der Waals surface area contributed by atoms with E-state index < -0.39 is 11.1 Å². The molecule has 0 unspecified atom stereocenters. The number of hydrogen-bond acceptors (Lipinski definition) is 5. The van der Waals surface area contributed by atoms with E-state index in [2.05, 4.69) is 0 Å². The second kappa shape index (κ2) is 8.85. The predicted octanol–water partition coefficient (Wildman–Crippen LogP) is 5.69. The van der Waals surface area contributed by atoms with Crippen LogP contribution in [-0.2, 0) is 0 Å². The summed E-state index contributed by atoms with van der Waals surface area (Å²) in [5.41, 5.74) is -0.358. The van der Waals surface area contributed by atoms with E-state index in [4.69, 9.17) is 0 Å². The molecule has 2 aromatic carbocycles. The van der Waals surface area contributed by atoms with Crippen LogP contribution in [0.3, 0.4) is 0 Å². The van der Waals surface area contributed by atoms with Crippen molar-refractivity contribution in [3.05, 3.63) is 59.7 Å². The maximum Gasteiger partial charge on any atom is 0.182 e. The monoisotopic (exact) mass is 415 g/mol. The van der Waals surface area contributed by atoms with Crippen LogP contribution in [0.15, 0.2) is 58.3 Å². The molecule has 0 aliphatic heterocycles. The van der Waals surface area contributed by atoms with Gasteiger partial charge >= 0.3 is 0 Å². The third-order valence-corrected chi connectivity index (χ3v) is 6.98. The zero-order valence-corrected chi connectivity index (χ0v) is 19.3. The summed E-state index contributed by atoms with van der Waals surface area (Å²) in [7, 11) is 1.85.